The molecule has 4 nitrogen and oxygen atoms in total. The van der Waals surface area contributed by atoms with E-state index in [-0.39, 0.29) is 24.7 Å². The van der Waals surface area contributed by atoms with E-state index in [1.807, 2.05) is 24.3 Å². The third-order valence-corrected chi connectivity index (χ3v) is 8.18. The number of amides is 2. The summed E-state index contributed by atoms with van der Waals surface area (Å²) in [5.74, 6) is -0.360. The van der Waals surface area contributed by atoms with Crippen LogP contribution in [-0.4, -0.2) is 11.8 Å². The molecule has 2 N–H and O–H groups in total. The van der Waals surface area contributed by atoms with Crippen LogP contribution < -0.4 is 10.6 Å². The van der Waals surface area contributed by atoms with Crippen molar-refractivity contribution >= 4 is 87.8 Å². The molecule has 0 aliphatic heterocycles. The van der Waals surface area contributed by atoms with Gasteiger partial charge in [-0.3, -0.25) is 9.59 Å². The van der Waals surface area contributed by atoms with Crippen LogP contribution in [0.1, 0.15) is 12.8 Å². The van der Waals surface area contributed by atoms with Gasteiger partial charge in [-0.1, -0.05) is 97.1 Å². The number of hydrogen-bond donors (Lipinski definition) is 2. The molecule has 0 aliphatic rings. The summed E-state index contributed by atoms with van der Waals surface area (Å²) in [6, 6.07) is 37.5. The van der Waals surface area contributed by atoms with Gasteiger partial charge >= 0.3 is 0 Å². The van der Waals surface area contributed by atoms with E-state index in [1.165, 1.54) is 32.3 Å². The topological polar surface area (TPSA) is 58.2 Å². The van der Waals surface area contributed by atoms with Gasteiger partial charge in [0.25, 0.3) is 0 Å². The highest BCUT2D eigenvalue weighted by Gasteiger charge is 2.15. The number of nitrogens with one attached hydrogen (secondary N) is 2. The number of benzene rings is 8. The van der Waals surface area contributed by atoms with Gasteiger partial charge in [0.1, 0.15) is 0 Å². The first-order valence-corrected chi connectivity index (χ1v) is 13.6. The number of carbonyl (C=O) groups is 2. The number of rotatable bonds is 5. The van der Waals surface area contributed by atoms with Crippen molar-refractivity contribution in [1.29, 1.82) is 0 Å². The van der Waals surface area contributed by atoms with Crippen LogP contribution in [0, 0.1) is 0 Å². The Morgan fingerprint density at radius 2 is 0.725 bits per heavy atom. The molecule has 0 saturated carbocycles. The highest BCUT2D eigenvalue weighted by molar-refractivity contribution is 6.27. The summed E-state index contributed by atoms with van der Waals surface area (Å²) in [5.41, 5.74) is 1.53. The minimum absolute atomic E-state index is 0.0969. The van der Waals surface area contributed by atoms with Gasteiger partial charge in [-0.15, -0.1) is 0 Å². The maximum atomic E-state index is 13.0. The Bertz CT molecular complexity index is 2070. The van der Waals surface area contributed by atoms with Gasteiger partial charge in [0.15, 0.2) is 0 Å². The summed E-state index contributed by atoms with van der Waals surface area (Å²) < 4.78 is 0. The first-order chi connectivity index (χ1) is 19.6. The molecule has 0 bridgehead atoms. The fourth-order valence-electron chi connectivity index (χ4n) is 6.34. The van der Waals surface area contributed by atoms with Crippen LogP contribution >= 0.6 is 0 Å². The summed E-state index contributed by atoms with van der Waals surface area (Å²) in [4.78, 5) is 26.0. The summed E-state index contributed by atoms with van der Waals surface area (Å²) in [7, 11) is 0. The Balaban J connectivity index is 1.03. The van der Waals surface area contributed by atoms with E-state index >= 15 is 0 Å². The molecule has 8 aromatic carbocycles. The van der Waals surface area contributed by atoms with Crippen molar-refractivity contribution in [2.75, 3.05) is 10.6 Å². The van der Waals surface area contributed by atoms with Crippen molar-refractivity contribution < 1.29 is 9.59 Å². The Morgan fingerprint density at radius 3 is 1.12 bits per heavy atom. The third-order valence-electron chi connectivity index (χ3n) is 8.18. The molecule has 0 unspecified atom stereocenters. The summed E-state index contributed by atoms with van der Waals surface area (Å²) in [6.07, 6.45) is 0.194. The van der Waals surface area contributed by atoms with E-state index in [9.17, 15) is 9.59 Å². The first kappa shape index (κ1) is 22.7. The van der Waals surface area contributed by atoms with Crippen molar-refractivity contribution in [3.8, 4) is 0 Å². The molecule has 190 valence electrons. The Kier molecular flexibility index (Phi) is 4.92. The average Bonchev–Trinajstić information content (AvgIpc) is 2.99. The van der Waals surface area contributed by atoms with Crippen molar-refractivity contribution in [1.82, 2.24) is 0 Å². The van der Waals surface area contributed by atoms with Gasteiger partial charge in [0.05, 0.1) is 0 Å². The zero-order valence-corrected chi connectivity index (χ0v) is 21.6. The summed E-state index contributed by atoms with van der Waals surface area (Å²) >= 11 is 0. The van der Waals surface area contributed by atoms with Gasteiger partial charge in [-0.2, -0.15) is 0 Å². The summed E-state index contributed by atoms with van der Waals surface area (Å²) in [5, 5.41) is 19.9. The molecular weight excluding hydrogens is 492 g/mol. The summed E-state index contributed by atoms with van der Waals surface area (Å²) in [6.45, 7) is 0. The maximum absolute atomic E-state index is 13.0. The van der Waals surface area contributed by atoms with Crippen molar-refractivity contribution in [2.45, 2.75) is 12.8 Å². The molecule has 0 heterocycles. The molecule has 4 heteroatoms. The van der Waals surface area contributed by atoms with Crippen molar-refractivity contribution in [3.05, 3.63) is 109 Å². The molecular formula is C36H24N2O2. The minimum atomic E-state index is -0.180. The largest absolute Gasteiger partial charge is 0.326 e. The number of anilines is 2. The van der Waals surface area contributed by atoms with E-state index in [4.69, 9.17) is 0 Å². The highest BCUT2D eigenvalue weighted by atomic mass is 16.2. The van der Waals surface area contributed by atoms with E-state index in [0.717, 1.165) is 43.7 Å². The van der Waals surface area contributed by atoms with E-state index in [0.29, 0.717) is 0 Å². The number of carbonyl (C=O) groups excluding carboxylic acids is 2. The van der Waals surface area contributed by atoms with E-state index < -0.39 is 0 Å². The van der Waals surface area contributed by atoms with Crippen LogP contribution in [0.15, 0.2) is 109 Å². The van der Waals surface area contributed by atoms with Gasteiger partial charge in [-0.25, -0.2) is 0 Å². The van der Waals surface area contributed by atoms with Gasteiger partial charge < -0.3 is 10.6 Å². The quantitative estimate of drug-likeness (QED) is 0.225. The average molecular weight is 517 g/mol. The fourth-order valence-corrected chi connectivity index (χ4v) is 6.34. The minimum Gasteiger partial charge on any atom is -0.326 e. The SMILES string of the molecule is O=C(CCC(=O)Nc1ccc2ccc3cccc4ccc1c2c34)Nc1ccc2ccc3cccc4ccc1c2c34. The lowest BCUT2D eigenvalue weighted by atomic mass is 9.93. The van der Waals surface area contributed by atoms with Crippen LogP contribution in [0.2, 0.25) is 0 Å². The zero-order valence-electron chi connectivity index (χ0n) is 21.6. The highest BCUT2D eigenvalue weighted by Crippen LogP contribution is 2.39. The van der Waals surface area contributed by atoms with Crippen molar-refractivity contribution in [3.63, 3.8) is 0 Å². The van der Waals surface area contributed by atoms with Crippen LogP contribution in [0.4, 0.5) is 11.4 Å². The molecule has 0 spiro atoms. The van der Waals surface area contributed by atoms with Gasteiger partial charge in [-0.05, 0) is 66.0 Å². The normalized spacial score (nSPS) is 11.9. The second-order valence-corrected chi connectivity index (χ2v) is 10.5. The van der Waals surface area contributed by atoms with Crippen LogP contribution in [0.25, 0.3) is 64.6 Å². The second-order valence-electron chi connectivity index (χ2n) is 10.5. The molecule has 2 amide bonds. The first-order valence-electron chi connectivity index (χ1n) is 13.6. The fraction of sp³-hybridized carbons (Fsp3) is 0.0556. The molecule has 0 radical (unpaired) electrons. The maximum Gasteiger partial charge on any atom is 0.224 e. The lowest BCUT2D eigenvalue weighted by molar-refractivity contribution is -0.121. The number of hydrogen-bond acceptors (Lipinski definition) is 2. The third kappa shape index (κ3) is 3.46. The van der Waals surface area contributed by atoms with Crippen molar-refractivity contribution in [2.24, 2.45) is 0 Å². The lowest BCUT2D eigenvalue weighted by Gasteiger charge is -2.15. The molecule has 8 rings (SSSR count). The molecule has 0 fully saturated rings. The monoisotopic (exact) mass is 516 g/mol. The predicted molar refractivity (Wildman–Crippen MR) is 167 cm³/mol. The van der Waals surface area contributed by atoms with Gasteiger partial charge in [0, 0.05) is 35.0 Å². The molecule has 0 aromatic heterocycles. The standard InChI is InChI=1S/C36H24N2O2/c39-31(37-29-17-13-25-9-7-21-3-1-5-23-11-15-27(29)35(25)33(21)23)19-20-32(40)38-30-18-14-26-10-8-22-4-2-6-24-12-16-28(30)36(26)34(22)24/h1-18H,19-20H2,(H,37,39)(H,38,40). The Hall–Kier alpha value is -5.22. The zero-order chi connectivity index (χ0) is 26.8. The van der Waals surface area contributed by atoms with Crippen LogP contribution in [0.3, 0.4) is 0 Å². The molecule has 40 heavy (non-hydrogen) atoms. The van der Waals surface area contributed by atoms with Crippen LogP contribution in [-0.2, 0) is 9.59 Å². The van der Waals surface area contributed by atoms with Crippen LogP contribution in [0.5, 0.6) is 0 Å². The molecule has 0 aliphatic carbocycles. The molecule has 0 saturated heterocycles. The smallest absolute Gasteiger partial charge is 0.224 e. The molecule has 8 aromatic rings. The van der Waals surface area contributed by atoms with E-state index in [1.54, 1.807) is 0 Å². The van der Waals surface area contributed by atoms with E-state index in [2.05, 4.69) is 95.6 Å². The Labute approximate surface area is 229 Å². The van der Waals surface area contributed by atoms with Gasteiger partial charge in [0.2, 0.25) is 11.8 Å². The Morgan fingerprint density at radius 1 is 0.400 bits per heavy atom. The predicted octanol–water partition coefficient (Wildman–Crippen LogP) is 8.84. The lowest BCUT2D eigenvalue weighted by Crippen LogP contribution is -2.17. The second kappa shape index (κ2) is 8.65. The molecule has 0 atom stereocenters.